The van der Waals surface area contributed by atoms with Crippen LogP contribution in [-0.2, 0) is 24.2 Å². The molecule has 222 valence electrons. The number of fused-ring (bicyclic) bond motifs is 1. The van der Waals surface area contributed by atoms with Crippen molar-refractivity contribution in [2.75, 3.05) is 63.9 Å². The Kier molecular flexibility index (Phi) is 10.6. The van der Waals surface area contributed by atoms with Crippen molar-refractivity contribution in [2.24, 2.45) is 5.16 Å². The van der Waals surface area contributed by atoms with E-state index in [1.165, 1.54) is 30.6 Å². The summed E-state index contributed by atoms with van der Waals surface area (Å²) >= 11 is 1.28. The van der Waals surface area contributed by atoms with Crippen LogP contribution >= 0.6 is 11.3 Å². The highest BCUT2D eigenvalue weighted by Gasteiger charge is 2.22. The standard InChI is InChI=1S/C28H38N6O5S2/c1-33(2)16-17-34(3)24-15-14-23-27(30-24)40-28(29-23)31-26(35)25(32-39-21-8-5-6-9-21)20-10-12-22(13-11-20)41(36,37)19-7-18-38-4/h10-15,21H,5-9,16-19H2,1-4H3,(H,29,31,35). The molecule has 1 N–H and O–H groups in total. The number of oxime groups is 1. The molecule has 0 spiro atoms. The number of nitrogens with one attached hydrogen (secondary N) is 1. The van der Waals surface area contributed by atoms with Gasteiger partial charge >= 0.3 is 0 Å². The molecule has 2 aromatic heterocycles. The zero-order chi connectivity index (χ0) is 29.4. The quantitative estimate of drug-likeness (QED) is 0.167. The van der Waals surface area contributed by atoms with Gasteiger partial charge in [0.05, 0.1) is 10.6 Å². The number of methoxy groups -OCH3 is 1. The second kappa shape index (κ2) is 14.2. The van der Waals surface area contributed by atoms with Crippen LogP contribution in [0.4, 0.5) is 10.9 Å². The van der Waals surface area contributed by atoms with Crippen LogP contribution in [0.25, 0.3) is 10.3 Å². The SMILES string of the molecule is COCCCS(=O)(=O)c1ccc(C(=NOC2CCCC2)C(=O)Nc2nc3ccc(N(C)CCN(C)C)nc3s2)cc1. The fourth-order valence-corrected chi connectivity index (χ4v) is 6.48. The van der Waals surface area contributed by atoms with Crippen molar-refractivity contribution in [1.82, 2.24) is 14.9 Å². The minimum atomic E-state index is -3.47. The molecule has 1 fully saturated rings. The molecule has 1 amide bonds. The highest BCUT2D eigenvalue weighted by Crippen LogP contribution is 2.27. The van der Waals surface area contributed by atoms with Gasteiger partial charge in [-0.2, -0.15) is 0 Å². The number of carbonyl (C=O) groups excluding carboxylic acids is 1. The maximum atomic E-state index is 13.5. The van der Waals surface area contributed by atoms with Crippen LogP contribution < -0.4 is 10.2 Å². The van der Waals surface area contributed by atoms with Gasteiger partial charge in [-0.25, -0.2) is 18.4 Å². The number of rotatable bonds is 14. The van der Waals surface area contributed by atoms with E-state index >= 15 is 0 Å². The van der Waals surface area contributed by atoms with Crippen molar-refractivity contribution in [1.29, 1.82) is 0 Å². The van der Waals surface area contributed by atoms with E-state index in [4.69, 9.17) is 14.6 Å². The molecule has 1 aliphatic rings. The van der Waals surface area contributed by atoms with Gasteiger partial charge in [0.15, 0.2) is 20.7 Å². The third kappa shape index (κ3) is 8.44. The minimum absolute atomic E-state index is 0.0226. The Hall–Kier alpha value is -3.13. The molecule has 1 aromatic carbocycles. The summed E-state index contributed by atoms with van der Waals surface area (Å²) in [6.07, 6.45) is 4.23. The summed E-state index contributed by atoms with van der Waals surface area (Å²) < 4.78 is 30.3. The number of pyridine rings is 1. The van der Waals surface area contributed by atoms with Crippen LogP contribution in [0.3, 0.4) is 0 Å². The van der Waals surface area contributed by atoms with Crippen molar-refractivity contribution in [2.45, 2.75) is 43.1 Å². The van der Waals surface area contributed by atoms with E-state index in [9.17, 15) is 13.2 Å². The minimum Gasteiger partial charge on any atom is -0.392 e. The average Bonchev–Trinajstić information content (AvgIpc) is 3.61. The molecule has 11 nitrogen and oxygen atoms in total. The van der Waals surface area contributed by atoms with E-state index in [1.54, 1.807) is 12.1 Å². The number of likely N-dealkylation sites (N-methyl/N-ethyl adjacent to an activating group) is 2. The zero-order valence-corrected chi connectivity index (χ0v) is 25.6. The number of hydrogen-bond acceptors (Lipinski definition) is 11. The Balaban J connectivity index is 1.53. The predicted molar refractivity (Wildman–Crippen MR) is 163 cm³/mol. The fourth-order valence-electron chi connectivity index (χ4n) is 4.37. The number of aromatic nitrogens is 2. The van der Waals surface area contributed by atoms with Gasteiger partial charge in [-0.05, 0) is 70.5 Å². The summed E-state index contributed by atoms with van der Waals surface area (Å²) in [6, 6.07) is 9.94. The highest BCUT2D eigenvalue weighted by molar-refractivity contribution is 7.91. The molecule has 0 aliphatic heterocycles. The summed E-state index contributed by atoms with van der Waals surface area (Å²) in [4.78, 5) is 33.5. The number of carbonyl (C=O) groups is 1. The van der Waals surface area contributed by atoms with Crippen LogP contribution in [0.1, 0.15) is 37.7 Å². The van der Waals surface area contributed by atoms with Crippen LogP contribution in [0.15, 0.2) is 46.4 Å². The molecule has 0 atom stereocenters. The zero-order valence-electron chi connectivity index (χ0n) is 24.0. The number of hydrogen-bond donors (Lipinski definition) is 1. The first-order valence-electron chi connectivity index (χ1n) is 13.7. The Morgan fingerprint density at radius 3 is 2.49 bits per heavy atom. The number of sulfone groups is 1. The third-order valence-electron chi connectivity index (χ3n) is 6.79. The second-order valence-electron chi connectivity index (χ2n) is 10.3. The smallest absolute Gasteiger partial charge is 0.280 e. The van der Waals surface area contributed by atoms with Crippen molar-refractivity contribution in [3.05, 3.63) is 42.0 Å². The van der Waals surface area contributed by atoms with Gasteiger partial charge in [-0.3, -0.25) is 10.1 Å². The van der Waals surface area contributed by atoms with Crippen molar-refractivity contribution in [3.8, 4) is 0 Å². The Morgan fingerprint density at radius 1 is 1.07 bits per heavy atom. The van der Waals surface area contributed by atoms with Gasteiger partial charge in [-0.15, -0.1) is 0 Å². The first-order chi connectivity index (χ1) is 19.7. The summed E-state index contributed by atoms with van der Waals surface area (Å²) in [6.45, 7) is 2.08. The molecule has 41 heavy (non-hydrogen) atoms. The molecule has 3 aromatic rings. The number of amides is 1. The van der Waals surface area contributed by atoms with Crippen LogP contribution in [0.5, 0.6) is 0 Å². The molecule has 0 saturated heterocycles. The van der Waals surface area contributed by atoms with E-state index in [-0.39, 0.29) is 22.5 Å². The van der Waals surface area contributed by atoms with E-state index in [0.717, 1.165) is 44.6 Å². The largest absolute Gasteiger partial charge is 0.392 e. The molecule has 13 heteroatoms. The van der Waals surface area contributed by atoms with Crippen molar-refractivity contribution < 1.29 is 22.8 Å². The molecular weight excluding hydrogens is 564 g/mol. The highest BCUT2D eigenvalue weighted by atomic mass is 32.2. The van der Waals surface area contributed by atoms with Crippen molar-refractivity contribution >= 4 is 54.1 Å². The molecular formula is C28H38N6O5S2. The molecule has 1 saturated carbocycles. The second-order valence-corrected chi connectivity index (χ2v) is 13.4. The topological polar surface area (TPSA) is 126 Å². The molecule has 0 unspecified atom stereocenters. The number of benzene rings is 1. The number of ether oxygens (including phenoxy) is 1. The lowest BCUT2D eigenvalue weighted by Gasteiger charge is -2.20. The van der Waals surface area contributed by atoms with E-state index < -0.39 is 15.7 Å². The Labute approximate surface area is 245 Å². The summed E-state index contributed by atoms with van der Waals surface area (Å²) in [5.74, 6) is 0.303. The number of anilines is 2. The monoisotopic (exact) mass is 602 g/mol. The lowest BCUT2D eigenvalue weighted by molar-refractivity contribution is -0.110. The molecule has 2 heterocycles. The Morgan fingerprint density at radius 2 is 1.80 bits per heavy atom. The molecule has 1 aliphatic carbocycles. The number of thiazole rings is 1. The fraction of sp³-hybridized carbons (Fsp3) is 0.500. The molecule has 4 rings (SSSR count). The lowest BCUT2D eigenvalue weighted by atomic mass is 10.1. The van der Waals surface area contributed by atoms with Gasteiger partial charge in [0, 0.05) is 39.4 Å². The van der Waals surface area contributed by atoms with E-state index in [2.05, 4.69) is 25.3 Å². The maximum absolute atomic E-state index is 13.5. The van der Waals surface area contributed by atoms with Crippen LogP contribution in [0, 0.1) is 0 Å². The van der Waals surface area contributed by atoms with E-state index in [1.807, 2.05) is 33.3 Å². The third-order valence-corrected chi connectivity index (χ3v) is 9.49. The number of nitrogens with zero attached hydrogens (tertiary/aromatic N) is 5. The maximum Gasteiger partial charge on any atom is 0.280 e. The normalized spacial score (nSPS) is 14.6. The molecule has 0 radical (unpaired) electrons. The Bertz CT molecular complexity index is 1450. The van der Waals surface area contributed by atoms with Gasteiger partial charge in [0.25, 0.3) is 5.91 Å². The van der Waals surface area contributed by atoms with Crippen LogP contribution in [-0.4, -0.2) is 94.7 Å². The van der Waals surface area contributed by atoms with E-state index in [0.29, 0.717) is 34.1 Å². The summed E-state index contributed by atoms with van der Waals surface area (Å²) in [5, 5.41) is 7.46. The van der Waals surface area contributed by atoms with Gasteiger partial charge in [0.2, 0.25) is 0 Å². The van der Waals surface area contributed by atoms with Crippen molar-refractivity contribution in [3.63, 3.8) is 0 Å². The first-order valence-corrected chi connectivity index (χ1v) is 16.1. The van der Waals surface area contributed by atoms with Gasteiger partial charge < -0.3 is 19.4 Å². The summed E-state index contributed by atoms with van der Waals surface area (Å²) in [5.41, 5.74) is 1.18. The van der Waals surface area contributed by atoms with Crippen LogP contribution in [0.2, 0.25) is 0 Å². The van der Waals surface area contributed by atoms with Gasteiger partial charge in [-0.1, -0.05) is 28.6 Å². The molecule has 0 bridgehead atoms. The predicted octanol–water partition coefficient (Wildman–Crippen LogP) is 3.80. The average molecular weight is 603 g/mol. The first kappa shape index (κ1) is 30.8. The van der Waals surface area contributed by atoms with Gasteiger partial charge in [0.1, 0.15) is 22.3 Å². The lowest BCUT2D eigenvalue weighted by Crippen LogP contribution is -2.28. The summed E-state index contributed by atoms with van der Waals surface area (Å²) in [7, 11) is 4.11.